The first kappa shape index (κ1) is 21.9. The van der Waals surface area contributed by atoms with E-state index >= 15 is 0 Å². The molecule has 3 aromatic carbocycles. The predicted octanol–water partition coefficient (Wildman–Crippen LogP) is 5.92. The van der Waals surface area contributed by atoms with Crippen LogP contribution in [0.15, 0.2) is 75.9 Å². The third-order valence-corrected chi connectivity index (χ3v) is 4.47. The van der Waals surface area contributed by atoms with Crippen LogP contribution >= 0.6 is 0 Å². The summed E-state index contributed by atoms with van der Waals surface area (Å²) < 4.78 is 30.3. The third-order valence-electron chi connectivity index (χ3n) is 4.47. The number of benzene rings is 3. The Hall–Kier alpha value is -3.80. The molecule has 0 bridgehead atoms. The van der Waals surface area contributed by atoms with Gasteiger partial charge in [0.15, 0.2) is 16.8 Å². The second-order valence-electron chi connectivity index (χ2n) is 6.39. The lowest BCUT2D eigenvalue weighted by Gasteiger charge is -2.14. The molecule has 0 fully saturated rings. The van der Waals surface area contributed by atoms with Gasteiger partial charge in [0.1, 0.15) is 29.3 Å². The van der Waals surface area contributed by atoms with Gasteiger partial charge in [0.05, 0.1) is 7.11 Å². The van der Waals surface area contributed by atoms with Crippen LogP contribution in [0.5, 0.6) is 17.2 Å². The Balaban J connectivity index is 0.00000132. The Morgan fingerprint density at radius 1 is 1.00 bits per heavy atom. The van der Waals surface area contributed by atoms with Gasteiger partial charge in [-0.2, -0.15) is 0 Å². The van der Waals surface area contributed by atoms with Crippen LogP contribution in [-0.4, -0.2) is 12.2 Å². The lowest BCUT2D eigenvalue weighted by molar-refractivity contribution is 0.282. The maximum Gasteiger partial charge on any atom is 0.205 e. The summed E-state index contributed by atoms with van der Waals surface area (Å²) in [6, 6.07) is 17.6. The molecule has 0 radical (unpaired) electrons. The largest absolute Gasteiger partial charge is 0.507 e. The number of phenolic OH excluding ortho intramolecular Hbond substituents is 1. The molecule has 6 heteroatoms. The number of hydrogen-bond acceptors (Lipinski definition) is 5. The van der Waals surface area contributed by atoms with Crippen molar-refractivity contribution in [2.75, 3.05) is 7.11 Å². The summed E-state index contributed by atoms with van der Waals surface area (Å²) in [6.45, 7) is 4.24. The summed E-state index contributed by atoms with van der Waals surface area (Å²) in [5.74, 6) is -0.0251. The monoisotopic (exact) mass is 422 g/mol. The van der Waals surface area contributed by atoms with Gasteiger partial charge >= 0.3 is 0 Å². The first-order chi connectivity index (χ1) is 15.1. The summed E-state index contributed by atoms with van der Waals surface area (Å²) >= 11 is 0. The molecule has 0 saturated heterocycles. The van der Waals surface area contributed by atoms with Crippen molar-refractivity contribution in [3.05, 3.63) is 88.3 Å². The van der Waals surface area contributed by atoms with Gasteiger partial charge in [0, 0.05) is 17.7 Å². The topological polar surface area (TPSA) is 68.9 Å². The van der Waals surface area contributed by atoms with E-state index in [-0.39, 0.29) is 40.6 Å². The highest BCUT2D eigenvalue weighted by molar-refractivity contribution is 5.91. The molecule has 1 heterocycles. The predicted molar refractivity (Wildman–Crippen MR) is 118 cm³/mol. The highest BCUT2D eigenvalue weighted by Gasteiger charge is 2.20. The van der Waals surface area contributed by atoms with Gasteiger partial charge in [0.25, 0.3) is 0 Å². The zero-order valence-electron chi connectivity index (χ0n) is 17.5. The average Bonchev–Trinajstić information content (AvgIpc) is 2.80. The second-order valence-corrected chi connectivity index (χ2v) is 6.39. The Labute approximate surface area is 179 Å². The second kappa shape index (κ2) is 9.80. The Kier molecular flexibility index (Phi) is 6.92. The minimum atomic E-state index is -0.448. The van der Waals surface area contributed by atoms with E-state index in [0.717, 1.165) is 5.56 Å². The molecule has 0 aliphatic carbocycles. The van der Waals surface area contributed by atoms with Crippen LogP contribution in [0.2, 0.25) is 0 Å². The fourth-order valence-corrected chi connectivity index (χ4v) is 3.06. The van der Waals surface area contributed by atoms with Gasteiger partial charge < -0.3 is 19.0 Å². The van der Waals surface area contributed by atoms with E-state index in [4.69, 9.17) is 13.9 Å². The van der Waals surface area contributed by atoms with Gasteiger partial charge in [0.2, 0.25) is 5.75 Å². The molecule has 0 spiro atoms. The van der Waals surface area contributed by atoms with Crippen LogP contribution in [0.25, 0.3) is 22.3 Å². The number of hydrogen-bond donors (Lipinski definition) is 1. The molecule has 0 saturated carbocycles. The molecule has 1 N–H and O–H groups in total. The van der Waals surface area contributed by atoms with Crippen molar-refractivity contribution in [2.24, 2.45) is 0 Å². The maximum absolute atomic E-state index is 13.2. The van der Waals surface area contributed by atoms with Gasteiger partial charge in [-0.15, -0.1) is 0 Å². The molecule has 31 heavy (non-hydrogen) atoms. The Morgan fingerprint density at radius 2 is 1.68 bits per heavy atom. The average molecular weight is 422 g/mol. The van der Waals surface area contributed by atoms with Crippen molar-refractivity contribution in [3.63, 3.8) is 0 Å². The van der Waals surface area contributed by atoms with Crippen LogP contribution in [0, 0.1) is 5.82 Å². The fourth-order valence-electron chi connectivity index (χ4n) is 3.06. The molecule has 0 aliphatic rings. The lowest BCUT2D eigenvalue weighted by atomic mass is 10.1. The molecule has 160 valence electrons. The Bertz CT molecular complexity index is 1210. The summed E-state index contributed by atoms with van der Waals surface area (Å²) in [5, 5.41) is 10.4. The standard InChI is InChI=1S/C23H17FO5.C2H6/c1-27-22-20(28-13-14-5-3-2-4-6-14)12-18(26)21-17(25)11-19(29-23(21)22)15-7-9-16(24)10-8-15;1-2/h2-12,26H,13H2,1H3;1-2H3. The molecular formula is C25H23FO5. The van der Waals surface area contributed by atoms with E-state index < -0.39 is 11.2 Å². The van der Waals surface area contributed by atoms with Gasteiger partial charge in [-0.05, 0) is 29.8 Å². The Morgan fingerprint density at radius 3 is 2.32 bits per heavy atom. The number of rotatable bonds is 5. The van der Waals surface area contributed by atoms with E-state index in [0.29, 0.717) is 5.56 Å². The molecule has 0 aliphatic heterocycles. The smallest absolute Gasteiger partial charge is 0.205 e. The van der Waals surface area contributed by atoms with Gasteiger partial charge in [-0.25, -0.2) is 4.39 Å². The van der Waals surface area contributed by atoms with Gasteiger partial charge in [-0.1, -0.05) is 44.2 Å². The first-order valence-electron chi connectivity index (χ1n) is 9.87. The summed E-state index contributed by atoms with van der Waals surface area (Å²) in [5.41, 5.74) is 1.05. The normalized spacial score (nSPS) is 10.3. The molecule has 4 rings (SSSR count). The molecule has 4 aromatic rings. The molecule has 0 amide bonds. The van der Waals surface area contributed by atoms with Crippen molar-refractivity contribution in [2.45, 2.75) is 20.5 Å². The van der Waals surface area contributed by atoms with Crippen LogP contribution < -0.4 is 14.9 Å². The van der Waals surface area contributed by atoms with Gasteiger partial charge in [-0.3, -0.25) is 4.79 Å². The highest BCUT2D eigenvalue weighted by atomic mass is 19.1. The van der Waals surface area contributed by atoms with Crippen molar-refractivity contribution >= 4 is 11.0 Å². The van der Waals surface area contributed by atoms with Crippen molar-refractivity contribution in [1.29, 1.82) is 0 Å². The molecule has 0 atom stereocenters. The lowest BCUT2D eigenvalue weighted by Crippen LogP contribution is -2.04. The zero-order valence-corrected chi connectivity index (χ0v) is 17.5. The third kappa shape index (κ3) is 4.69. The quantitative estimate of drug-likeness (QED) is 0.432. The maximum atomic E-state index is 13.2. The van der Waals surface area contributed by atoms with E-state index in [1.54, 1.807) is 0 Å². The van der Waals surface area contributed by atoms with Crippen LogP contribution in [0.4, 0.5) is 4.39 Å². The number of methoxy groups -OCH3 is 1. The molecular weight excluding hydrogens is 399 g/mol. The van der Waals surface area contributed by atoms with Crippen molar-refractivity contribution in [1.82, 2.24) is 0 Å². The SMILES string of the molecule is CC.COc1c(OCc2ccccc2)cc(O)c2c(=O)cc(-c3ccc(F)cc3)oc12. The van der Waals surface area contributed by atoms with E-state index in [2.05, 4.69) is 0 Å². The summed E-state index contributed by atoms with van der Waals surface area (Å²) in [4.78, 5) is 12.6. The molecule has 1 aromatic heterocycles. The molecule has 5 nitrogen and oxygen atoms in total. The van der Waals surface area contributed by atoms with E-state index in [1.165, 1.54) is 43.5 Å². The number of halogens is 1. The van der Waals surface area contributed by atoms with Crippen LogP contribution in [-0.2, 0) is 6.61 Å². The summed E-state index contributed by atoms with van der Waals surface area (Å²) in [6.07, 6.45) is 0. The van der Waals surface area contributed by atoms with Crippen LogP contribution in [0.1, 0.15) is 19.4 Å². The number of ether oxygens (including phenoxy) is 2. The number of fused-ring (bicyclic) bond motifs is 1. The fraction of sp³-hybridized carbons (Fsp3) is 0.160. The zero-order chi connectivity index (χ0) is 22.4. The number of aromatic hydroxyl groups is 1. The van der Waals surface area contributed by atoms with E-state index in [9.17, 15) is 14.3 Å². The molecule has 0 unspecified atom stereocenters. The number of phenols is 1. The summed E-state index contributed by atoms with van der Waals surface area (Å²) in [7, 11) is 1.42. The highest BCUT2D eigenvalue weighted by Crippen LogP contribution is 2.41. The van der Waals surface area contributed by atoms with E-state index in [1.807, 2.05) is 44.2 Å². The first-order valence-corrected chi connectivity index (χ1v) is 9.87. The van der Waals surface area contributed by atoms with Crippen molar-refractivity contribution in [3.8, 4) is 28.6 Å². The minimum Gasteiger partial charge on any atom is -0.507 e. The van der Waals surface area contributed by atoms with Crippen molar-refractivity contribution < 1.29 is 23.4 Å². The van der Waals surface area contributed by atoms with Crippen LogP contribution in [0.3, 0.4) is 0 Å². The minimum absolute atomic E-state index is 0.0141.